The van der Waals surface area contributed by atoms with E-state index in [1.165, 1.54) is 0 Å². The molecule has 0 saturated carbocycles. The molecule has 0 spiro atoms. The van der Waals surface area contributed by atoms with Gasteiger partial charge in [0.05, 0.1) is 6.61 Å². The summed E-state index contributed by atoms with van der Waals surface area (Å²) in [7, 11) is 1.57. The van der Waals surface area contributed by atoms with E-state index >= 15 is 0 Å². The summed E-state index contributed by atoms with van der Waals surface area (Å²) in [6.45, 7) is 2.15. The number of carboxylic acid groups (broad SMARTS) is 1. The van der Waals surface area contributed by atoms with E-state index in [-0.39, 0.29) is 12.5 Å². The van der Waals surface area contributed by atoms with Crippen molar-refractivity contribution in [2.75, 3.05) is 13.7 Å². The fourth-order valence-corrected chi connectivity index (χ4v) is 2.89. The Morgan fingerprint density at radius 1 is 1.08 bits per heavy atom. The number of nitrogens with one attached hydrogen (secondary N) is 1. The summed E-state index contributed by atoms with van der Waals surface area (Å²) in [6, 6.07) is 16.1. The summed E-state index contributed by atoms with van der Waals surface area (Å²) in [5.74, 6) is -1.26. The van der Waals surface area contributed by atoms with Gasteiger partial charge >= 0.3 is 5.97 Å². The highest BCUT2D eigenvalue weighted by Crippen LogP contribution is 2.28. The molecule has 1 amide bonds. The van der Waals surface area contributed by atoms with Crippen LogP contribution in [0.4, 0.5) is 0 Å². The predicted molar refractivity (Wildman–Crippen MR) is 95.5 cm³/mol. The van der Waals surface area contributed by atoms with Gasteiger partial charge in [0.25, 0.3) is 5.91 Å². The number of rotatable bonds is 8. The van der Waals surface area contributed by atoms with Gasteiger partial charge in [-0.15, -0.1) is 0 Å². The third-order valence-electron chi connectivity index (χ3n) is 4.45. The molecule has 1 unspecified atom stereocenters. The topological polar surface area (TPSA) is 75.6 Å². The van der Waals surface area contributed by atoms with Crippen molar-refractivity contribution in [3.05, 3.63) is 71.3 Å². The van der Waals surface area contributed by atoms with E-state index < -0.39 is 11.4 Å². The fourth-order valence-electron chi connectivity index (χ4n) is 2.89. The lowest BCUT2D eigenvalue weighted by Crippen LogP contribution is -2.46. The molecular weight excluding hydrogens is 318 g/mol. The van der Waals surface area contributed by atoms with Crippen molar-refractivity contribution in [3.63, 3.8) is 0 Å². The Kier molecular flexibility index (Phi) is 6.31. The number of ether oxygens (including phenoxy) is 1. The molecule has 5 nitrogen and oxygen atoms in total. The van der Waals surface area contributed by atoms with Crippen LogP contribution in [0.15, 0.2) is 54.6 Å². The molecule has 25 heavy (non-hydrogen) atoms. The van der Waals surface area contributed by atoms with E-state index in [1.807, 2.05) is 25.1 Å². The monoisotopic (exact) mass is 341 g/mol. The summed E-state index contributed by atoms with van der Waals surface area (Å²) in [6.07, 6.45) is 0.367. The molecule has 0 aliphatic carbocycles. The summed E-state index contributed by atoms with van der Waals surface area (Å²) in [5, 5.41) is 12.6. The van der Waals surface area contributed by atoms with Crippen LogP contribution in [0.3, 0.4) is 0 Å². The van der Waals surface area contributed by atoms with Crippen molar-refractivity contribution >= 4 is 11.9 Å². The first-order valence-electron chi connectivity index (χ1n) is 8.19. The van der Waals surface area contributed by atoms with Crippen LogP contribution >= 0.6 is 0 Å². The molecule has 2 aromatic carbocycles. The highest BCUT2D eigenvalue weighted by atomic mass is 16.5. The molecule has 0 aliphatic heterocycles. The van der Waals surface area contributed by atoms with Crippen LogP contribution in [-0.4, -0.2) is 30.6 Å². The molecule has 0 aliphatic rings. The molecule has 0 bridgehead atoms. The van der Waals surface area contributed by atoms with Gasteiger partial charge in [0, 0.05) is 19.2 Å². The Bertz CT molecular complexity index is 729. The molecule has 2 aromatic rings. The molecule has 5 heteroatoms. The summed E-state index contributed by atoms with van der Waals surface area (Å²) in [5.41, 5.74) is 0.774. The number of amides is 1. The zero-order valence-electron chi connectivity index (χ0n) is 14.5. The lowest BCUT2D eigenvalue weighted by Gasteiger charge is -2.29. The van der Waals surface area contributed by atoms with Crippen LogP contribution in [0, 0.1) is 0 Å². The number of benzene rings is 2. The number of carboxylic acids is 1. The normalized spacial score (nSPS) is 13.0. The fraction of sp³-hybridized carbons (Fsp3) is 0.300. The van der Waals surface area contributed by atoms with E-state index in [0.29, 0.717) is 24.2 Å². The van der Waals surface area contributed by atoms with Crippen molar-refractivity contribution in [1.29, 1.82) is 0 Å². The third-order valence-corrected chi connectivity index (χ3v) is 4.45. The molecule has 0 aromatic heterocycles. The average Bonchev–Trinajstić information content (AvgIpc) is 2.64. The number of hydrogen-bond donors (Lipinski definition) is 2. The quantitative estimate of drug-likeness (QED) is 0.774. The minimum atomic E-state index is -1.16. The number of hydrogen-bond acceptors (Lipinski definition) is 3. The second-order valence-corrected chi connectivity index (χ2v) is 5.88. The Hall–Kier alpha value is -2.66. The lowest BCUT2D eigenvalue weighted by molar-refractivity contribution is -0.143. The number of carbonyl (C=O) groups excluding carboxylic acids is 1. The van der Waals surface area contributed by atoms with Crippen LogP contribution < -0.4 is 5.32 Å². The molecule has 0 radical (unpaired) electrons. The zero-order valence-corrected chi connectivity index (χ0v) is 14.5. The van der Waals surface area contributed by atoms with Gasteiger partial charge in [0.1, 0.15) is 5.41 Å². The van der Waals surface area contributed by atoms with Gasteiger partial charge in [-0.2, -0.15) is 0 Å². The van der Waals surface area contributed by atoms with Crippen molar-refractivity contribution in [2.24, 2.45) is 0 Å². The Labute approximate surface area is 147 Å². The molecular formula is C20H23NO4. The van der Waals surface area contributed by atoms with Crippen LogP contribution in [-0.2, 0) is 21.6 Å². The number of aliphatic carboxylic acids is 1. The molecule has 0 heterocycles. The Morgan fingerprint density at radius 2 is 1.72 bits per heavy atom. The zero-order chi connectivity index (χ0) is 18.3. The maximum Gasteiger partial charge on any atom is 0.315 e. The maximum absolute atomic E-state index is 12.6. The number of carbonyl (C=O) groups is 2. The number of methoxy groups -OCH3 is 1. The smallest absolute Gasteiger partial charge is 0.315 e. The predicted octanol–water partition coefficient (Wildman–Crippen LogP) is 3.00. The highest BCUT2D eigenvalue weighted by Gasteiger charge is 2.39. The van der Waals surface area contributed by atoms with Gasteiger partial charge in [0.15, 0.2) is 0 Å². The van der Waals surface area contributed by atoms with Crippen LogP contribution in [0.1, 0.15) is 34.8 Å². The average molecular weight is 341 g/mol. The second kappa shape index (κ2) is 8.44. The van der Waals surface area contributed by atoms with E-state index in [0.717, 1.165) is 5.56 Å². The Balaban J connectivity index is 2.24. The molecule has 0 saturated heterocycles. The van der Waals surface area contributed by atoms with Gasteiger partial charge in [-0.05, 0) is 23.6 Å². The van der Waals surface area contributed by atoms with Gasteiger partial charge in [0.2, 0.25) is 0 Å². The highest BCUT2D eigenvalue weighted by molar-refractivity contribution is 5.96. The third kappa shape index (κ3) is 4.06. The molecule has 1 atom stereocenters. The van der Waals surface area contributed by atoms with Crippen molar-refractivity contribution < 1.29 is 19.4 Å². The minimum absolute atomic E-state index is 0.0169. The van der Waals surface area contributed by atoms with Crippen LogP contribution in [0.2, 0.25) is 0 Å². The van der Waals surface area contributed by atoms with E-state index in [2.05, 4.69) is 5.32 Å². The summed E-state index contributed by atoms with van der Waals surface area (Å²) in [4.78, 5) is 24.6. The Morgan fingerprint density at radius 3 is 2.32 bits per heavy atom. The van der Waals surface area contributed by atoms with Crippen molar-refractivity contribution in [1.82, 2.24) is 5.32 Å². The second-order valence-electron chi connectivity index (χ2n) is 5.88. The first kappa shape index (κ1) is 18.7. The first-order chi connectivity index (χ1) is 12.0. The molecule has 132 valence electrons. The lowest BCUT2D eigenvalue weighted by atomic mass is 9.78. The maximum atomic E-state index is 12.6. The molecule has 2 rings (SSSR count). The molecule has 0 fully saturated rings. The van der Waals surface area contributed by atoms with Crippen LogP contribution in [0.25, 0.3) is 0 Å². The van der Waals surface area contributed by atoms with E-state index in [9.17, 15) is 14.7 Å². The SMILES string of the molecule is CCC(CNC(=O)c1ccccc1COC)(C(=O)O)c1ccccc1. The first-order valence-corrected chi connectivity index (χ1v) is 8.19. The van der Waals surface area contributed by atoms with Crippen molar-refractivity contribution in [2.45, 2.75) is 25.4 Å². The summed E-state index contributed by atoms with van der Waals surface area (Å²) < 4.78 is 5.12. The van der Waals surface area contributed by atoms with Crippen molar-refractivity contribution in [3.8, 4) is 0 Å². The van der Waals surface area contributed by atoms with Crippen LogP contribution in [0.5, 0.6) is 0 Å². The standard InChI is InChI=1S/C20H23NO4/c1-3-20(19(23)24,16-10-5-4-6-11-16)14-21-18(22)17-12-8-7-9-15(17)13-25-2/h4-12H,3,13-14H2,1-2H3,(H,21,22)(H,23,24). The van der Waals surface area contributed by atoms with E-state index in [1.54, 1.807) is 43.5 Å². The summed E-state index contributed by atoms with van der Waals surface area (Å²) >= 11 is 0. The van der Waals surface area contributed by atoms with Gasteiger partial charge in [-0.3, -0.25) is 9.59 Å². The largest absolute Gasteiger partial charge is 0.481 e. The van der Waals surface area contributed by atoms with Gasteiger partial charge in [-0.25, -0.2) is 0 Å². The van der Waals surface area contributed by atoms with E-state index in [4.69, 9.17) is 4.74 Å². The van der Waals surface area contributed by atoms with Gasteiger partial charge < -0.3 is 15.2 Å². The van der Waals surface area contributed by atoms with Gasteiger partial charge in [-0.1, -0.05) is 55.5 Å². The molecule has 2 N–H and O–H groups in total. The minimum Gasteiger partial charge on any atom is -0.481 e.